The lowest BCUT2D eigenvalue weighted by Gasteiger charge is -2.19. The minimum absolute atomic E-state index is 0.0353. The Kier molecular flexibility index (Phi) is 6.41. The smallest absolute Gasteiger partial charge is 0.170 e. The highest BCUT2D eigenvalue weighted by atomic mass is 16.5. The molecule has 0 radical (unpaired) electrons. The number of rotatable bonds is 7. The number of methoxy groups -OCH3 is 2. The second-order valence-corrected chi connectivity index (χ2v) is 7.65. The first-order valence-corrected chi connectivity index (χ1v) is 10.6. The molecular weight excluding hydrogens is 416 g/mol. The molecule has 0 amide bonds. The van der Waals surface area contributed by atoms with Gasteiger partial charge >= 0.3 is 0 Å². The van der Waals surface area contributed by atoms with Gasteiger partial charge in [0.25, 0.3) is 0 Å². The summed E-state index contributed by atoms with van der Waals surface area (Å²) in [6.45, 7) is 2.33. The minimum atomic E-state index is -0.0625. The van der Waals surface area contributed by atoms with Crippen molar-refractivity contribution in [1.29, 1.82) is 0 Å². The molecule has 5 nitrogen and oxygen atoms in total. The van der Waals surface area contributed by atoms with Crippen molar-refractivity contribution < 1.29 is 24.4 Å². The van der Waals surface area contributed by atoms with Crippen LogP contribution < -0.4 is 14.2 Å². The molecule has 0 aliphatic heterocycles. The maximum absolute atomic E-state index is 11.2. The van der Waals surface area contributed by atoms with Crippen LogP contribution in [-0.4, -0.2) is 24.4 Å². The first kappa shape index (κ1) is 22.1. The van der Waals surface area contributed by atoms with Crippen LogP contribution >= 0.6 is 0 Å². The van der Waals surface area contributed by atoms with Crippen molar-refractivity contribution in [2.75, 3.05) is 14.2 Å². The maximum atomic E-state index is 11.2. The SMILES string of the molecule is COc1cc(-c2ccccc2C)c(OC)c(O)c1-c1ccc(OCc2ccccc2)c(O)c1. The van der Waals surface area contributed by atoms with Gasteiger partial charge in [-0.2, -0.15) is 0 Å². The van der Waals surface area contributed by atoms with Crippen molar-refractivity contribution in [3.8, 4) is 51.0 Å². The Morgan fingerprint density at radius 3 is 2.12 bits per heavy atom. The number of hydrogen-bond acceptors (Lipinski definition) is 5. The van der Waals surface area contributed by atoms with Gasteiger partial charge in [-0.3, -0.25) is 0 Å². The van der Waals surface area contributed by atoms with Gasteiger partial charge in [-0.15, -0.1) is 0 Å². The Hall–Kier alpha value is -4.12. The van der Waals surface area contributed by atoms with Gasteiger partial charge < -0.3 is 24.4 Å². The zero-order chi connectivity index (χ0) is 23.4. The summed E-state index contributed by atoms with van der Waals surface area (Å²) in [7, 11) is 3.06. The second-order valence-electron chi connectivity index (χ2n) is 7.65. The molecule has 33 heavy (non-hydrogen) atoms. The van der Waals surface area contributed by atoms with Crippen molar-refractivity contribution in [3.63, 3.8) is 0 Å². The summed E-state index contributed by atoms with van der Waals surface area (Å²) >= 11 is 0. The third kappa shape index (κ3) is 4.44. The van der Waals surface area contributed by atoms with Crippen LogP contribution in [0.4, 0.5) is 0 Å². The van der Waals surface area contributed by atoms with Crippen LogP contribution in [0.1, 0.15) is 11.1 Å². The Morgan fingerprint density at radius 2 is 1.45 bits per heavy atom. The molecule has 4 aromatic rings. The van der Waals surface area contributed by atoms with Gasteiger partial charge in [0.15, 0.2) is 23.0 Å². The molecule has 0 aliphatic carbocycles. The lowest BCUT2D eigenvalue weighted by atomic mass is 9.94. The molecule has 0 bridgehead atoms. The zero-order valence-electron chi connectivity index (χ0n) is 18.8. The van der Waals surface area contributed by atoms with Gasteiger partial charge in [0.05, 0.1) is 19.8 Å². The first-order valence-electron chi connectivity index (χ1n) is 10.6. The van der Waals surface area contributed by atoms with E-state index in [1.807, 2.05) is 67.6 Å². The molecule has 0 fully saturated rings. The van der Waals surface area contributed by atoms with E-state index in [2.05, 4.69) is 0 Å². The number of hydrogen-bond donors (Lipinski definition) is 2. The number of phenolic OH excluding ortho intramolecular Hbond substituents is 2. The topological polar surface area (TPSA) is 68.2 Å². The van der Waals surface area contributed by atoms with E-state index in [1.54, 1.807) is 25.3 Å². The molecule has 2 N–H and O–H groups in total. The van der Waals surface area contributed by atoms with Crippen molar-refractivity contribution >= 4 is 0 Å². The van der Waals surface area contributed by atoms with Gasteiger partial charge in [0.1, 0.15) is 12.4 Å². The lowest BCUT2D eigenvalue weighted by molar-refractivity contribution is 0.289. The van der Waals surface area contributed by atoms with Crippen LogP contribution in [0.3, 0.4) is 0 Å². The second kappa shape index (κ2) is 9.57. The molecule has 0 aromatic heterocycles. The number of aromatic hydroxyl groups is 2. The Morgan fingerprint density at radius 1 is 0.727 bits per heavy atom. The van der Waals surface area contributed by atoms with Crippen molar-refractivity contribution in [1.82, 2.24) is 0 Å². The Labute approximate surface area is 193 Å². The third-order valence-corrected chi connectivity index (χ3v) is 5.56. The van der Waals surface area contributed by atoms with Crippen LogP contribution in [0.2, 0.25) is 0 Å². The summed E-state index contributed by atoms with van der Waals surface area (Å²) in [4.78, 5) is 0. The predicted molar refractivity (Wildman–Crippen MR) is 129 cm³/mol. The van der Waals surface area contributed by atoms with Crippen LogP contribution in [0.5, 0.6) is 28.7 Å². The highest BCUT2D eigenvalue weighted by Crippen LogP contribution is 2.50. The Balaban J connectivity index is 1.74. The quantitative estimate of drug-likeness (QED) is 0.350. The third-order valence-electron chi connectivity index (χ3n) is 5.56. The molecule has 4 aromatic carbocycles. The Bertz CT molecular complexity index is 1270. The summed E-state index contributed by atoms with van der Waals surface area (Å²) in [6.07, 6.45) is 0. The molecule has 0 unspecified atom stereocenters. The maximum Gasteiger partial charge on any atom is 0.170 e. The van der Waals surface area contributed by atoms with Crippen LogP contribution in [0, 0.1) is 6.92 Å². The molecule has 5 heteroatoms. The summed E-state index contributed by atoms with van der Waals surface area (Å²) in [5.41, 5.74) is 4.70. The summed E-state index contributed by atoms with van der Waals surface area (Å²) in [5.74, 6) is 1.05. The molecule has 168 valence electrons. The van der Waals surface area contributed by atoms with Gasteiger partial charge in [0.2, 0.25) is 0 Å². The van der Waals surface area contributed by atoms with Gasteiger partial charge in [-0.1, -0.05) is 60.7 Å². The fraction of sp³-hybridized carbons (Fsp3) is 0.143. The monoisotopic (exact) mass is 442 g/mol. The van der Waals surface area contributed by atoms with Crippen molar-refractivity contribution in [2.45, 2.75) is 13.5 Å². The van der Waals surface area contributed by atoms with E-state index in [9.17, 15) is 10.2 Å². The number of phenols is 2. The number of benzene rings is 4. The van der Waals surface area contributed by atoms with E-state index in [1.165, 1.54) is 7.11 Å². The largest absolute Gasteiger partial charge is 0.504 e. The van der Waals surface area contributed by atoms with Gasteiger partial charge in [-0.25, -0.2) is 0 Å². The predicted octanol–water partition coefficient (Wildman–Crippen LogP) is 6.34. The van der Waals surface area contributed by atoms with Gasteiger partial charge in [0, 0.05) is 5.56 Å². The molecule has 0 saturated carbocycles. The fourth-order valence-electron chi connectivity index (χ4n) is 3.88. The summed E-state index contributed by atoms with van der Waals surface area (Å²) in [5, 5.41) is 21.8. The highest BCUT2D eigenvalue weighted by Gasteiger charge is 2.23. The minimum Gasteiger partial charge on any atom is -0.504 e. The van der Waals surface area contributed by atoms with E-state index in [-0.39, 0.29) is 11.5 Å². The normalized spacial score (nSPS) is 10.6. The fourth-order valence-corrected chi connectivity index (χ4v) is 3.88. The summed E-state index contributed by atoms with van der Waals surface area (Å²) in [6, 6.07) is 24.4. The van der Waals surface area contributed by atoms with E-state index in [0.29, 0.717) is 35.0 Å². The highest BCUT2D eigenvalue weighted by molar-refractivity contribution is 5.88. The van der Waals surface area contributed by atoms with Crippen molar-refractivity contribution in [2.24, 2.45) is 0 Å². The average molecular weight is 443 g/mol. The molecule has 0 heterocycles. The van der Waals surface area contributed by atoms with Crippen LogP contribution in [0.15, 0.2) is 78.9 Å². The van der Waals surface area contributed by atoms with E-state index < -0.39 is 0 Å². The molecule has 0 spiro atoms. The van der Waals surface area contributed by atoms with E-state index >= 15 is 0 Å². The van der Waals surface area contributed by atoms with Crippen LogP contribution in [-0.2, 0) is 6.61 Å². The van der Waals surface area contributed by atoms with Crippen molar-refractivity contribution in [3.05, 3.63) is 90.0 Å². The summed E-state index contributed by atoms with van der Waals surface area (Å²) < 4.78 is 17.0. The molecule has 0 aliphatic rings. The van der Waals surface area contributed by atoms with E-state index in [4.69, 9.17) is 14.2 Å². The number of aryl methyl sites for hydroxylation is 1. The standard InChI is InChI=1S/C28H26O5/c1-18-9-7-8-12-21(18)22-16-25(31-2)26(27(30)28(22)32-3)20-13-14-24(23(29)15-20)33-17-19-10-5-4-6-11-19/h4-16,29-30H,17H2,1-3H3. The molecule has 0 saturated heterocycles. The average Bonchev–Trinajstić information content (AvgIpc) is 2.83. The van der Waals surface area contributed by atoms with Gasteiger partial charge in [-0.05, 0) is 47.4 Å². The molecule has 0 atom stereocenters. The lowest BCUT2D eigenvalue weighted by Crippen LogP contribution is -1.97. The van der Waals surface area contributed by atoms with E-state index in [0.717, 1.165) is 22.3 Å². The first-order chi connectivity index (χ1) is 16.0. The molecular formula is C28H26O5. The molecule has 4 rings (SSSR count). The number of ether oxygens (including phenoxy) is 3. The zero-order valence-corrected chi connectivity index (χ0v) is 18.8. The van der Waals surface area contributed by atoms with Crippen LogP contribution in [0.25, 0.3) is 22.3 Å².